The fourth-order valence-electron chi connectivity index (χ4n) is 1.17. The molecule has 3 N–H and O–H groups in total. The molecule has 5 nitrogen and oxygen atoms in total. The van der Waals surface area contributed by atoms with Gasteiger partial charge in [0.05, 0.1) is 5.88 Å². The van der Waals surface area contributed by atoms with Gasteiger partial charge in [0.1, 0.15) is 10.5 Å². The van der Waals surface area contributed by atoms with E-state index in [1.54, 1.807) is 6.92 Å². The van der Waals surface area contributed by atoms with E-state index in [-0.39, 0.29) is 11.6 Å². The summed E-state index contributed by atoms with van der Waals surface area (Å²) >= 11 is 1.30. The van der Waals surface area contributed by atoms with Crippen LogP contribution in [0, 0.1) is 0 Å². The molecule has 0 aromatic rings. The van der Waals surface area contributed by atoms with Crippen LogP contribution in [0.25, 0.3) is 0 Å². The first kappa shape index (κ1) is 10.0. The lowest BCUT2D eigenvalue weighted by Gasteiger charge is -2.20. The Morgan fingerprint density at radius 1 is 1.69 bits per heavy atom. The maximum atomic E-state index is 11.4. The highest BCUT2D eigenvalue weighted by Crippen LogP contribution is 2.32. The summed E-state index contributed by atoms with van der Waals surface area (Å²) in [6, 6.07) is 0. The maximum absolute atomic E-state index is 11.4. The molecule has 13 heavy (non-hydrogen) atoms. The van der Waals surface area contributed by atoms with Crippen LogP contribution in [0.3, 0.4) is 0 Å². The Hall–Kier alpha value is -1.04. The van der Waals surface area contributed by atoms with Crippen LogP contribution >= 0.6 is 11.8 Å². The van der Waals surface area contributed by atoms with Crippen molar-refractivity contribution in [2.75, 3.05) is 12.9 Å². The zero-order valence-corrected chi connectivity index (χ0v) is 8.27. The summed E-state index contributed by atoms with van der Waals surface area (Å²) in [4.78, 5) is 26.3. The van der Waals surface area contributed by atoms with Crippen LogP contribution in [0.15, 0.2) is 4.99 Å². The number of rotatable bonds is 2. The van der Waals surface area contributed by atoms with Crippen molar-refractivity contribution in [3.05, 3.63) is 0 Å². The summed E-state index contributed by atoms with van der Waals surface area (Å²) in [6.07, 6.45) is 0. The third-order valence-electron chi connectivity index (χ3n) is 1.92. The molecular weight excluding hydrogens is 190 g/mol. The Balaban J connectivity index is 2.98. The highest BCUT2D eigenvalue weighted by Gasteiger charge is 2.44. The van der Waals surface area contributed by atoms with Gasteiger partial charge in [-0.25, -0.2) is 0 Å². The van der Waals surface area contributed by atoms with E-state index in [2.05, 4.69) is 10.3 Å². The van der Waals surface area contributed by atoms with Crippen molar-refractivity contribution in [1.29, 1.82) is 0 Å². The lowest BCUT2D eigenvalue weighted by Crippen LogP contribution is -2.49. The van der Waals surface area contributed by atoms with Crippen LogP contribution in [0.5, 0.6) is 0 Å². The molecule has 2 amide bonds. The predicted octanol–water partition coefficient (Wildman–Crippen LogP) is -0.878. The van der Waals surface area contributed by atoms with E-state index < -0.39 is 10.7 Å². The zero-order chi connectivity index (χ0) is 10.1. The van der Waals surface area contributed by atoms with Crippen molar-refractivity contribution in [3.63, 3.8) is 0 Å². The fourth-order valence-corrected chi connectivity index (χ4v) is 2.16. The molecule has 1 aliphatic heterocycles. The largest absolute Gasteiger partial charge is 0.365 e. The molecule has 0 aromatic heterocycles. The Morgan fingerprint density at radius 2 is 2.31 bits per heavy atom. The van der Waals surface area contributed by atoms with Gasteiger partial charge in [0.25, 0.3) is 5.91 Å². The molecule has 6 heteroatoms. The molecule has 1 atom stereocenters. The standard InChI is InChI=1S/C7H11N3O2S/c1-7(6(12)9-2)4(5(8)11)10-3-13-7/h3H2,1-2H3,(H2,8,11)(H,9,12). The molecule has 0 aliphatic carbocycles. The number of primary amides is 1. The number of hydrogen-bond acceptors (Lipinski definition) is 4. The number of carbonyl (C=O) groups is 2. The van der Waals surface area contributed by atoms with E-state index in [0.717, 1.165) is 0 Å². The minimum Gasteiger partial charge on any atom is -0.365 e. The summed E-state index contributed by atoms with van der Waals surface area (Å²) in [5.74, 6) is -0.467. The quantitative estimate of drug-likeness (QED) is 0.608. The molecule has 1 unspecified atom stereocenters. The first-order valence-electron chi connectivity index (χ1n) is 3.73. The number of carbonyl (C=O) groups excluding carboxylic acids is 2. The van der Waals surface area contributed by atoms with E-state index in [1.165, 1.54) is 18.8 Å². The van der Waals surface area contributed by atoms with Gasteiger partial charge in [-0.1, -0.05) is 0 Å². The Morgan fingerprint density at radius 3 is 2.77 bits per heavy atom. The smallest absolute Gasteiger partial charge is 0.264 e. The minimum absolute atomic E-state index is 0.150. The number of thioether (sulfide) groups is 1. The van der Waals surface area contributed by atoms with E-state index in [1.807, 2.05) is 0 Å². The average molecular weight is 201 g/mol. The van der Waals surface area contributed by atoms with Crippen LogP contribution in [-0.2, 0) is 9.59 Å². The average Bonchev–Trinajstić information content (AvgIpc) is 2.47. The maximum Gasteiger partial charge on any atom is 0.264 e. The normalized spacial score (nSPS) is 26.8. The molecule has 0 saturated carbocycles. The highest BCUT2D eigenvalue weighted by molar-refractivity contribution is 8.02. The molecular formula is C7H11N3O2S. The molecule has 0 spiro atoms. The second-order valence-electron chi connectivity index (χ2n) is 2.76. The first-order chi connectivity index (χ1) is 6.02. The molecule has 0 fully saturated rings. The zero-order valence-electron chi connectivity index (χ0n) is 7.46. The van der Waals surface area contributed by atoms with Gasteiger partial charge in [-0.15, -0.1) is 11.8 Å². The summed E-state index contributed by atoms with van der Waals surface area (Å²) in [5, 5.41) is 2.48. The number of nitrogens with one attached hydrogen (secondary N) is 1. The van der Waals surface area contributed by atoms with Gasteiger partial charge in [-0.2, -0.15) is 0 Å². The number of nitrogens with zero attached hydrogens (tertiary/aromatic N) is 1. The summed E-state index contributed by atoms with van der Waals surface area (Å²) in [6.45, 7) is 1.65. The van der Waals surface area contributed by atoms with Crippen molar-refractivity contribution in [1.82, 2.24) is 5.32 Å². The van der Waals surface area contributed by atoms with Crippen molar-refractivity contribution in [2.45, 2.75) is 11.7 Å². The molecule has 1 heterocycles. The lowest BCUT2D eigenvalue weighted by atomic mass is 10.0. The number of amides is 2. The summed E-state index contributed by atoms with van der Waals surface area (Å²) in [5.41, 5.74) is 5.25. The van der Waals surface area contributed by atoms with Gasteiger partial charge in [-0.05, 0) is 6.92 Å². The van der Waals surface area contributed by atoms with Crippen LogP contribution in [-0.4, -0.2) is 35.2 Å². The molecule has 0 aromatic carbocycles. The third-order valence-corrected chi connectivity index (χ3v) is 3.14. The molecule has 1 rings (SSSR count). The third kappa shape index (κ3) is 1.53. The first-order valence-corrected chi connectivity index (χ1v) is 4.72. The van der Waals surface area contributed by atoms with Crippen LogP contribution in [0.2, 0.25) is 0 Å². The van der Waals surface area contributed by atoms with Crippen LogP contribution < -0.4 is 11.1 Å². The van der Waals surface area contributed by atoms with Gasteiger partial charge in [0.15, 0.2) is 0 Å². The van der Waals surface area contributed by atoms with Crippen molar-refractivity contribution in [2.24, 2.45) is 10.7 Å². The van der Waals surface area contributed by atoms with Gasteiger partial charge in [0.2, 0.25) is 5.91 Å². The van der Waals surface area contributed by atoms with Crippen LogP contribution in [0.4, 0.5) is 0 Å². The second-order valence-corrected chi connectivity index (χ2v) is 4.12. The van der Waals surface area contributed by atoms with Gasteiger partial charge in [0, 0.05) is 7.05 Å². The molecule has 0 radical (unpaired) electrons. The number of hydrogen-bond donors (Lipinski definition) is 2. The highest BCUT2D eigenvalue weighted by atomic mass is 32.2. The van der Waals surface area contributed by atoms with Gasteiger partial charge < -0.3 is 11.1 Å². The number of aliphatic imine (C=N–C) groups is 1. The van der Waals surface area contributed by atoms with Crippen molar-refractivity contribution >= 4 is 29.3 Å². The van der Waals surface area contributed by atoms with Crippen LogP contribution in [0.1, 0.15) is 6.92 Å². The minimum atomic E-state index is -0.916. The predicted molar refractivity (Wildman–Crippen MR) is 51.6 cm³/mol. The van der Waals surface area contributed by atoms with Crippen molar-refractivity contribution < 1.29 is 9.59 Å². The van der Waals surface area contributed by atoms with E-state index >= 15 is 0 Å². The Bertz CT molecular complexity index is 289. The fraction of sp³-hybridized carbons (Fsp3) is 0.571. The van der Waals surface area contributed by atoms with Crippen molar-refractivity contribution in [3.8, 4) is 0 Å². The van der Waals surface area contributed by atoms with E-state index in [4.69, 9.17) is 5.73 Å². The molecule has 72 valence electrons. The SMILES string of the molecule is CNC(=O)C1(C)SCN=C1C(N)=O. The summed E-state index contributed by atoms with van der Waals surface area (Å²) in [7, 11) is 1.52. The second kappa shape index (κ2) is 3.37. The summed E-state index contributed by atoms with van der Waals surface area (Å²) < 4.78 is -0.916. The molecule has 0 bridgehead atoms. The van der Waals surface area contributed by atoms with E-state index in [0.29, 0.717) is 5.88 Å². The Labute approximate surface area is 80.2 Å². The number of nitrogens with two attached hydrogens (primary N) is 1. The lowest BCUT2D eigenvalue weighted by molar-refractivity contribution is -0.122. The van der Waals surface area contributed by atoms with Gasteiger partial charge in [-0.3, -0.25) is 14.6 Å². The van der Waals surface area contributed by atoms with Gasteiger partial charge >= 0.3 is 0 Å². The monoisotopic (exact) mass is 201 g/mol. The topological polar surface area (TPSA) is 84.6 Å². The molecule has 1 aliphatic rings. The Kier molecular flexibility index (Phi) is 2.60. The molecule has 0 saturated heterocycles. The van der Waals surface area contributed by atoms with E-state index in [9.17, 15) is 9.59 Å².